The van der Waals surface area contributed by atoms with Crippen molar-refractivity contribution >= 4 is 96.1 Å². The van der Waals surface area contributed by atoms with Crippen molar-refractivity contribution in [3.63, 3.8) is 0 Å². The van der Waals surface area contributed by atoms with E-state index < -0.39 is 20.4 Å². The molecule has 18 rings (SSSR count). The van der Waals surface area contributed by atoms with Gasteiger partial charge in [0.25, 0.3) is 6.71 Å². The van der Waals surface area contributed by atoms with Gasteiger partial charge in [0.15, 0.2) is 0 Å². The Morgan fingerprint density at radius 1 is 0.303 bits per heavy atom. The molecule has 15 aromatic carbocycles. The third kappa shape index (κ3) is 10.0. The summed E-state index contributed by atoms with van der Waals surface area (Å²) >= 11 is 0. The Labute approximate surface area is 586 Å². The van der Waals surface area contributed by atoms with Crippen molar-refractivity contribution in [2.24, 2.45) is 0 Å². The number of aromatic nitrogens is 1. The van der Waals surface area contributed by atoms with Crippen LogP contribution in [-0.2, 0) is 0 Å². The van der Waals surface area contributed by atoms with Gasteiger partial charge in [-0.25, -0.2) is 0 Å². The molecule has 6 heteroatoms. The van der Waals surface area contributed by atoms with Gasteiger partial charge in [-0.15, -0.1) is 0 Å². The molecule has 99 heavy (non-hydrogen) atoms. The van der Waals surface area contributed by atoms with E-state index >= 15 is 0 Å². The van der Waals surface area contributed by atoms with Gasteiger partial charge in [-0.1, -0.05) is 237 Å². The van der Waals surface area contributed by atoms with Gasteiger partial charge in [0.2, 0.25) is 0 Å². The lowest BCUT2D eigenvalue weighted by Gasteiger charge is -2.45. The second-order valence-electron chi connectivity index (χ2n) is 25.4. The van der Waals surface area contributed by atoms with Crippen LogP contribution in [-0.4, -0.2) is 11.3 Å². The molecule has 3 heterocycles. The van der Waals surface area contributed by atoms with Crippen molar-refractivity contribution in [1.29, 1.82) is 5.26 Å². The maximum absolute atomic E-state index is 10.9. The Bertz CT molecular complexity index is 5960. The quantitative estimate of drug-likeness (QED) is 0.114. The van der Waals surface area contributed by atoms with Crippen LogP contribution in [0.15, 0.2) is 352 Å². The van der Waals surface area contributed by atoms with Gasteiger partial charge >= 0.3 is 0 Å². The van der Waals surface area contributed by atoms with Gasteiger partial charge in [0, 0.05) is 75.5 Å². The maximum Gasteiger partial charge on any atom is 0.252 e. The first-order valence-corrected chi connectivity index (χ1v) is 33.5. The Morgan fingerprint density at radius 2 is 0.737 bits per heavy atom. The van der Waals surface area contributed by atoms with Crippen LogP contribution in [0.2, 0.25) is 0 Å². The lowest BCUT2D eigenvalue weighted by Crippen LogP contribution is -2.61. The van der Waals surface area contributed by atoms with Crippen LogP contribution in [0.5, 0.6) is 0 Å². The van der Waals surface area contributed by atoms with Crippen LogP contribution >= 0.6 is 0 Å². The van der Waals surface area contributed by atoms with Crippen LogP contribution in [0.25, 0.3) is 94.3 Å². The summed E-state index contributed by atoms with van der Waals surface area (Å²) in [6, 6.07) is 124. The average Bonchev–Trinajstić information content (AvgIpc) is 1.42. The first-order valence-electron chi connectivity index (χ1n) is 36.5. The zero-order valence-electron chi connectivity index (χ0n) is 59.8. The van der Waals surface area contributed by atoms with Gasteiger partial charge in [-0.2, -0.15) is 5.26 Å². The number of anilines is 9. The number of nitriles is 1. The SMILES string of the molecule is [2H]C([2H])([2H])c1ccccc1-c1cc(-c2cc3c4c(c2)N(c2ccccc2-c2ccccc2)c2cc(N(c5ccccc5)c5ccccc5)ccc2B4c2ccc(-c4cc(C#N)ccc4-n4c5ccccc5c5ccccc54)cc2N3c2ccccc2-c2ccccc2)cc(-c2ccccc2C([2H])([2H])[2H])c1. The predicted octanol–water partition coefficient (Wildman–Crippen LogP) is 22.8. The summed E-state index contributed by atoms with van der Waals surface area (Å²) in [7, 11) is 0. The molecule has 0 N–H and O–H groups in total. The third-order valence-corrected chi connectivity index (χ3v) is 19.8. The molecule has 2 aliphatic heterocycles. The summed E-state index contributed by atoms with van der Waals surface area (Å²) in [6.07, 6.45) is 0. The Balaban J connectivity index is 0.993. The van der Waals surface area contributed by atoms with Crippen molar-refractivity contribution < 1.29 is 8.22 Å². The third-order valence-electron chi connectivity index (χ3n) is 19.8. The standard InChI is InChI=1S/C93H64BN5/c1-62-27-15-17-37-75(62)70-54-68(55-71(56-70)76-38-18-16-28-63(76)2)69-58-91-93-92(59-69)99(85-44-24-20-40-78(85)66-31-9-4-10-32-66)90-60-74(96(72-33-11-5-12-34-72)73-35-13-6-14-36-73)49-51-83(90)94(93)82-50-48-67(57-89(82)98(91)84-43-23-19-39-77(84)65-29-7-3-8-30-65)81-53-64(61-95)47-52-88(81)97-86-45-25-21-41-79(86)80-42-22-26-46-87(80)97/h3-60H,1-2H3/i1D3,2D3. The molecule has 0 unspecified atom stereocenters. The molecule has 0 bridgehead atoms. The first kappa shape index (κ1) is 52.3. The first-order chi connectivity index (χ1) is 51.3. The highest BCUT2D eigenvalue weighted by Gasteiger charge is 2.45. The number of para-hydroxylation sites is 6. The second-order valence-corrected chi connectivity index (χ2v) is 25.4. The van der Waals surface area contributed by atoms with Crippen LogP contribution in [0, 0.1) is 25.0 Å². The summed E-state index contributed by atoms with van der Waals surface area (Å²) in [5.74, 6) is 0. The van der Waals surface area contributed by atoms with Gasteiger partial charge in [0.05, 0.1) is 39.7 Å². The van der Waals surface area contributed by atoms with Crippen LogP contribution < -0.4 is 31.1 Å². The minimum Gasteiger partial charge on any atom is -0.311 e. The normalized spacial score (nSPS) is 13.2. The molecule has 0 saturated carbocycles. The highest BCUT2D eigenvalue weighted by Crippen LogP contribution is 2.52. The number of hydrogen-bond donors (Lipinski definition) is 0. The van der Waals surface area contributed by atoms with Crippen molar-refractivity contribution in [3.8, 4) is 78.5 Å². The molecule has 5 nitrogen and oxygen atoms in total. The second kappa shape index (κ2) is 24.4. The summed E-state index contributed by atoms with van der Waals surface area (Å²) in [5.41, 5.74) is 25.0. The molecular formula is C93H64BN5. The number of aryl methyl sites for hydroxylation is 2. The summed E-state index contributed by atoms with van der Waals surface area (Å²) in [4.78, 5) is 7.21. The molecule has 0 aliphatic carbocycles. The van der Waals surface area contributed by atoms with E-state index in [1.807, 2.05) is 66.7 Å². The van der Waals surface area contributed by atoms with Crippen molar-refractivity contribution in [2.45, 2.75) is 13.7 Å². The molecule has 1 aromatic heterocycles. The monoisotopic (exact) mass is 1270 g/mol. The lowest BCUT2D eigenvalue weighted by atomic mass is 9.33. The summed E-state index contributed by atoms with van der Waals surface area (Å²) in [5, 5.41) is 13.2. The number of fused-ring (bicyclic) bond motifs is 7. The number of benzene rings is 15. The van der Waals surface area contributed by atoms with E-state index in [-0.39, 0.29) is 11.1 Å². The Kier molecular flexibility index (Phi) is 12.9. The Morgan fingerprint density at radius 3 is 1.27 bits per heavy atom. The van der Waals surface area contributed by atoms with Crippen molar-refractivity contribution in [3.05, 3.63) is 369 Å². The fourth-order valence-electron chi connectivity index (χ4n) is 15.4. The van der Waals surface area contributed by atoms with E-state index in [1.165, 1.54) is 0 Å². The highest BCUT2D eigenvalue weighted by atomic mass is 15.2. The summed E-state index contributed by atoms with van der Waals surface area (Å²) in [6.45, 7) is -5.41. The van der Waals surface area contributed by atoms with Gasteiger partial charge < -0.3 is 19.3 Å². The number of rotatable bonds is 12. The molecule has 2 aliphatic rings. The number of nitrogens with zero attached hydrogens (tertiary/aromatic N) is 5. The zero-order valence-corrected chi connectivity index (χ0v) is 53.8. The minimum atomic E-state index is -2.50. The van der Waals surface area contributed by atoms with Crippen molar-refractivity contribution in [2.75, 3.05) is 14.7 Å². The average molecular weight is 1270 g/mol. The van der Waals surface area contributed by atoms with Crippen molar-refractivity contribution in [1.82, 2.24) is 4.57 Å². The molecule has 0 saturated heterocycles. The van der Waals surface area contributed by atoms with Gasteiger partial charge in [-0.05, 0) is 207 Å². The molecule has 0 radical (unpaired) electrons. The highest BCUT2D eigenvalue weighted by molar-refractivity contribution is 7.00. The van der Waals surface area contributed by atoms with E-state index in [4.69, 9.17) is 8.22 Å². The zero-order chi connectivity index (χ0) is 71.1. The molecule has 0 atom stereocenters. The van der Waals surface area contributed by atoms with Crippen LogP contribution in [0.3, 0.4) is 0 Å². The predicted molar refractivity (Wildman–Crippen MR) is 416 cm³/mol. The summed E-state index contributed by atoms with van der Waals surface area (Å²) < 4.78 is 56.1. The van der Waals surface area contributed by atoms with E-state index in [0.717, 1.165) is 140 Å². The fourth-order valence-corrected chi connectivity index (χ4v) is 15.4. The maximum atomic E-state index is 10.9. The largest absolute Gasteiger partial charge is 0.311 e. The van der Waals surface area contributed by atoms with Gasteiger partial charge in [0.1, 0.15) is 0 Å². The topological polar surface area (TPSA) is 38.4 Å². The lowest BCUT2D eigenvalue weighted by molar-refractivity contribution is 1.18. The fraction of sp³-hybridized carbons (Fsp3) is 0.0215. The van der Waals surface area contributed by atoms with E-state index in [9.17, 15) is 5.26 Å². The van der Waals surface area contributed by atoms with Crippen LogP contribution in [0.1, 0.15) is 24.9 Å². The molecule has 16 aromatic rings. The smallest absolute Gasteiger partial charge is 0.252 e. The molecule has 0 amide bonds. The number of hydrogen-bond acceptors (Lipinski definition) is 4. The minimum absolute atomic E-state index is 0.175. The van der Waals surface area contributed by atoms with Crippen LogP contribution in [0.4, 0.5) is 51.2 Å². The van der Waals surface area contributed by atoms with E-state index in [1.54, 1.807) is 24.3 Å². The molecule has 0 fully saturated rings. The van der Waals surface area contributed by atoms with E-state index in [0.29, 0.717) is 27.8 Å². The molecule has 0 spiro atoms. The molecular weight excluding hydrogens is 1200 g/mol. The van der Waals surface area contributed by atoms with E-state index in [2.05, 4.69) is 286 Å². The Hall–Kier alpha value is -12.9. The molecule has 464 valence electrons. The van der Waals surface area contributed by atoms with Gasteiger partial charge in [-0.3, -0.25) is 0 Å².